The Kier molecular flexibility index (Phi) is 3.59. The number of hydrogen-bond donors (Lipinski definition) is 1. The van der Waals surface area contributed by atoms with Crippen molar-refractivity contribution in [2.75, 3.05) is 0 Å². The summed E-state index contributed by atoms with van der Waals surface area (Å²) in [5.74, 6) is 0.363. The average Bonchev–Trinajstić information content (AvgIpc) is 2.20. The molecular formula is C10H11IO. The highest BCUT2D eigenvalue weighted by molar-refractivity contribution is 14.1. The molecule has 0 aromatic heterocycles. The second kappa shape index (κ2) is 4.50. The molecule has 1 nitrogen and oxygen atoms in total. The highest BCUT2D eigenvalue weighted by Gasteiger charge is 2.03. The van der Waals surface area contributed by atoms with Gasteiger partial charge in [0, 0.05) is 0 Å². The molecule has 1 rings (SSSR count). The first-order valence-electron chi connectivity index (χ1n) is 3.79. The molecule has 1 aliphatic rings. The molecule has 0 amide bonds. The SMILES string of the molecule is C=CCC1=CCC(I)=CC=C1O. The van der Waals surface area contributed by atoms with Crippen molar-refractivity contribution < 1.29 is 5.11 Å². The van der Waals surface area contributed by atoms with Crippen LogP contribution in [0.4, 0.5) is 0 Å². The third-order valence-corrected chi connectivity index (χ3v) is 2.46. The van der Waals surface area contributed by atoms with Gasteiger partial charge in [-0.3, -0.25) is 0 Å². The lowest BCUT2D eigenvalue weighted by molar-refractivity contribution is 0.421. The normalized spacial score (nSPS) is 17.2. The first kappa shape index (κ1) is 9.58. The van der Waals surface area contributed by atoms with Crippen LogP contribution >= 0.6 is 22.6 Å². The van der Waals surface area contributed by atoms with Crippen molar-refractivity contribution in [3.05, 3.63) is 45.8 Å². The summed E-state index contributed by atoms with van der Waals surface area (Å²) in [6.45, 7) is 3.64. The van der Waals surface area contributed by atoms with Crippen LogP contribution in [0.2, 0.25) is 0 Å². The number of rotatable bonds is 2. The van der Waals surface area contributed by atoms with E-state index in [9.17, 15) is 5.11 Å². The fourth-order valence-corrected chi connectivity index (χ4v) is 1.41. The summed E-state index contributed by atoms with van der Waals surface area (Å²) in [5.41, 5.74) is 0.966. The van der Waals surface area contributed by atoms with Gasteiger partial charge in [0.05, 0.1) is 0 Å². The summed E-state index contributed by atoms with van der Waals surface area (Å²) in [5, 5.41) is 9.49. The van der Waals surface area contributed by atoms with Crippen molar-refractivity contribution in [1.82, 2.24) is 0 Å². The number of hydrogen-bond acceptors (Lipinski definition) is 1. The minimum atomic E-state index is 0.363. The molecule has 0 radical (unpaired) electrons. The van der Waals surface area contributed by atoms with Crippen LogP contribution in [0, 0.1) is 0 Å². The molecule has 12 heavy (non-hydrogen) atoms. The molecule has 1 N–H and O–H groups in total. The monoisotopic (exact) mass is 274 g/mol. The second-order valence-corrected chi connectivity index (χ2v) is 3.98. The lowest BCUT2D eigenvalue weighted by Gasteiger charge is -2.00. The number of halogens is 1. The van der Waals surface area contributed by atoms with Crippen molar-refractivity contribution in [3.63, 3.8) is 0 Å². The Labute approximate surface area is 86.3 Å². The lowest BCUT2D eigenvalue weighted by atomic mass is 10.1. The Morgan fingerprint density at radius 2 is 2.33 bits per heavy atom. The highest BCUT2D eigenvalue weighted by Crippen LogP contribution is 2.22. The first-order valence-corrected chi connectivity index (χ1v) is 4.87. The molecule has 0 saturated carbocycles. The quantitative estimate of drug-likeness (QED) is 0.602. The van der Waals surface area contributed by atoms with Gasteiger partial charge in [0.15, 0.2) is 0 Å². The Hall–Kier alpha value is -0.510. The molecule has 0 aliphatic heterocycles. The summed E-state index contributed by atoms with van der Waals surface area (Å²) >= 11 is 2.26. The molecule has 0 spiro atoms. The summed E-state index contributed by atoms with van der Waals surface area (Å²) < 4.78 is 1.23. The number of aliphatic hydroxyl groups excluding tert-OH is 1. The third kappa shape index (κ3) is 2.52. The van der Waals surface area contributed by atoms with Gasteiger partial charge in [-0.1, -0.05) is 12.2 Å². The van der Waals surface area contributed by atoms with Crippen LogP contribution in [0.25, 0.3) is 0 Å². The standard InChI is InChI=1S/C10H11IO/c1-2-3-8-4-5-9(11)6-7-10(8)12/h2,4,6-7,12H,1,3,5H2. The van der Waals surface area contributed by atoms with Gasteiger partial charge in [-0.25, -0.2) is 0 Å². The van der Waals surface area contributed by atoms with E-state index in [4.69, 9.17) is 0 Å². The van der Waals surface area contributed by atoms with Gasteiger partial charge in [0.1, 0.15) is 5.76 Å². The fraction of sp³-hybridized carbons (Fsp3) is 0.200. The van der Waals surface area contributed by atoms with E-state index in [1.807, 2.05) is 12.2 Å². The van der Waals surface area contributed by atoms with Gasteiger partial charge in [0.25, 0.3) is 0 Å². The van der Waals surface area contributed by atoms with Crippen molar-refractivity contribution in [1.29, 1.82) is 0 Å². The molecule has 64 valence electrons. The van der Waals surface area contributed by atoms with E-state index in [0.717, 1.165) is 18.4 Å². The van der Waals surface area contributed by atoms with Gasteiger partial charge in [-0.15, -0.1) is 6.58 Å². The molecule has 1 aliphatic carbocycles. The minimum absolute atomic E-state index is 0.363. The smallest absolute Gasteiger partial charge is 0.118 e. The van der Waals surface area contributed by atoms with Gasteiger partial charge >= 0.3 is 0 Å². The maximum Gasteiger partial charge on any atom is 0.118 e. The summed E-state index contributed by atoms with van der Waals surface area (Å²) in [6.07, 6.45) is 9.16. The van der Waals surface area contributed by atoms with E-state index >= 15 is 0 Å². The molecule has 0 fully saturated rings. The molecule has 0 aromatic carbocycles. The van der Waals surface area contributed by atoms with Gasteiger partial charge in [-0.05, 0) is 56.7 Å². The Bertz CT molecular complexity index is 272. The van der Waals surface area contributed by atoms with E-state index in [-0.39, 0.29) is 0 Å². The highest BCUT2D eigenvalue weighted by atomic mass is 127. The van der Waals surface area contributed by atoms with Crippen LogP contribution < -0.4 is 0 Å². The zero-order chi connectivity index (χ0) is 8.97. The zero-order valence-corrected chi connectivity index (χ0v) is 8.91. The first-order chi connectivity index (χ1) is 5.74. The summed E-state index contributed by atoms with van der Waals surface area (Å²) in [6, 6.07) is 0. The Balaban J connectivity index is 2.83. The van der Waals surface area contributed by atoms with Crippen LogP contribution in [-0.2, 0) is 0 Å². The maximum atomic E-state index is 9.49. The van der Waals surface area contributed by atoms with Crippen molar-refractivity contribution in [2.24, 2.45) is 0 Å². The predicted octanol–water partition coefficient (Wildman–Crippen LogP) is 3.65. The number of aliphatic hydroxyl groups is 1. The van der Waals surface area contributed by atoms with Gasteiger partial charge in [-0.2, -0.15) is 0 Å². The van der Waals surface area contributed by atoms with Crippen LogP contribution in [0.5, 0.6) is 0 Å². The summed E-state index contributed by atoms with van der Waals surface area (Å²) in [4.78, 5) is 0. The van der Waals surface area contributed by atoms with Crippen molar-refractivity contribution in [2.45, 2.75) is 12.8 Å². The molecule has 0 bridgehead atoms. The van der Waals surface area contributed by atoms with Crippen LogP contribution in [0.15, 0.2) is 45.8 Å². The molecule has 2 heteroatoms. The molecule has 0 heterocycles. The lowest BCUT2D eigenvalue weighted by Crippen LogP contribution is -1.85. The van der Waals surface area contributed by atoms with E-state index in [1.165, 1.54) is 3.58 Å². The number of allylic oxidation sites excluding steroid dienone is 6. The topological polar surface area (TPSA) is 20.2 Å². The third-order valence-electron chi connectivity index (χ3n) is 1.66. The Morgan fingerprint density at radius 1 is 1.58 bits per heavy atom. The average molecular weight is 274 g/mol. The van der Waals surface area contributed by atoms with Gasteiger partial charge < -0.3 is 5.11 Å². The summed E-state index contributed by atoms with van der Waals surface area (Å²) in [7, 11) is 0. The molecular weight excluding hydrogens is 263 g/mol. The predicted molar refractivity (Wildman–Crippen MR) is 60.3 cm³/mol. The Morgan fingerprint density at radius 3 is 3.00 bits per heavy atom. The van der Waals surface area contributed by atoms with E-state index in [2.05, 4.69) is 29.2 Å². The maximum absolute atomic E-state index is 9.49. The zero-order valence-electron chi connectivity index (χ0n) is 6.76. The molecule has 0 saturated heterocycles. The molecule has 0 aromatic rings. The fourth-order valence-electron chi connectivity index (χ4n) is 1.01. The molecule has 0 atom stereocenters. The largest absolute Gasteiger partial charge is 0.508 e. The van der Waals surface area contributed by atoms with Crippen molar-refractivity contribution in [3.8, 4) is 0 Å². The van der Waals surface area contributed by atoms with E-state index in [1.54, 1.807) is 12.2 Å². The van der Waals surface area contributed by atoms with Crippen molar-refractivity contribution >= 4 is 22.6 Å². The second-order valence-electron chi connectivity index (χ2n) is 2.59. The minimum Gasteiger partial charge on any atom is -0.508 e. The van der Waals surface area contributed by atoms with Gasteiger partial charge in [0.2, 0.25) is 0 Å². The van der Waals surface area contributed by atoms with Crippen LogP contribution in [-0.4, -0.2) is 5.11 Å². The molecule has 0 unspecified atom stereocenters. The van der Waals surface area contributed by atoms with E-state index in [0.29, 0.717) is 5.76 Å². The van der Waals surface area contributed by atoms with E-state index < -0.39 is 0 Å². The van der Waals surface area contributed by atoms with Crippen LogP contribution in [0.1, 0.15) is 12.8 Å². The van der Waals surface area contributed by atoms with Crippen LogP contribution in [0.3, 0.4) is 0 Å².